The zero-order chi connectivity index (χ0) is 12.7. The summed E-state index contributed by atoms with van der Waals surface area (Å²) < 4.78 is 2.04. The lowest BCUT2D eigenvalue weighted by Crippen LogP contribution is -1.93. The molecule has 0 atom stereocenters. The highest BCUT2D eigenvalue weighted by molar-refractivity contribution is 5.89. The summed E-state index contributed by atoms with van der Waals surface area (Å²) in [6, 6.07) is 16.5. The summed E-state index contributed by atoms with van der Waals surface area (Å²) in [6.07, 6.45) is 5.58. The van der Waals surface area contributed by atoms with Crippen molar-refractivity contribution in [1.82, 2.24) is 14.4 Å². The Balaban J connectivity index is 2.17. The summed E-state index contributed by atoms with van der Waals surface area (Å²) >= 11 is 0. The van der Waals surface area contributed by atoms with Crippen LogP contribution >= 0.6 is 0 Å². The zero-order valence-electron chi connectivity index (χ0n) is 10.2. The van der Waals surface area contributed by atoms with E-state index in [2.05, 4.69) is 34.2 Å². The second-order valence-corrected chi connectivity index (χ2v) is 4.46. The molecule has 0 aliphatic rings. The van der Waals surface area contributed by atoms with Crippen molar-refractivity contribution in [2.75, 3.05) is 0 Å². The van der Waals surface area contributed by atoms with Crippen LogP contribution in [0.1, 0.15) is 0 Å². The van der Waals surface area contributed by atoms with Crippen LogP contribution in [0.15, 0.2) is 67.1 Å². The maximum Gasteiger partial charge on any atom is 0.146 e. The van der Waals surface area contributed by atoms with Crippen molar-refractivity contribution in [3.63, 3.8) is 0 Å². The fraction of sp³-hybridized carbons (Fsp3) is 0. The number of hydrogen-bond donors (Lipinski definition) is 0. The number of pyridine rings is 2. The highest BCUT2D eigenvalue weighted by atomic mass is 15.0. The molecule has 3 heterocycles. The van der Waals surface area contributed by atoms with Gasteiger partial charge in [0.2, 0.25) is 0 Å². The van der Waals surface area contributed by atoms with Crippen molar-refractivity contribution >= 4 is 16.7 Å². The summed E-state index contributed by atoms with van der Waals surface area (Å²) in [5.41, 5.74) is 4.18. The Morgan fingerprint density at radius 2 is 1.63 bits per heavy atom. The summed E-state index contributed by atoms with van der Waals surface area (Å²) in [7, 11) is 0. The van der Waals surface area contributed by atoms with Gasteiger partial charge < -0.3 is 0 Å². The molecule has 0 amide bonds. The first-order valence-electron chi connectivity index (χ1n) is 6.20. The number of nitrogens with zero attached hydrogens (tertiary/aromatic N) is 3. The SMILES string of the molecule is c1ccc(-c2cc3cccnc3n3ccnc23)cc1. The van der Waals surface area contributed by atoms with Gasteiger partial charge in [0.15, 0.2) is 0 Å². The van der Waals surface area contributed by atoms with E-state index in [-0.39, 0.29) is 0 Å². The van der Waals surface area contributed by atoms with Crippen LogP contribution in [0.5, 0.6) is 0 Å². The molecule has 4 aromatic rings. The van der Waals surface area contributed by atoms with Gasteiger partial charge in [0.05, 0.1) is 0 Å². The first kappa shape index (κ1) is 10.3. The number of aromatic nitrogens is 3. The van der Waals surface area contributed by atoms with Gasteiger partial charge in [0, 0.05) is 29.5 Å². The molecule has 0 saturated carbocycles. The van der Waals surface area contributed by atoms with Gasteiger partial charge in [-0.15, -0.1) is 0 Å². The van der Waals surface area contributed by atoms with Crippen molar-refractivity contribution in [2.24, 2.45) is 0 Å². The molecular weight excluding hydrogens is 234 g/mol. The molecule has 90 valence electrons. The van der Waals surface area contributed by atoms with Crippen LogP contribution in [0.2, 0.25) is 0 Å². The fourth-order valence-corrected chi connectivity index (χ4v) is 2.45. The molecule has 1 aromatic carbocycles. The average Bonchev–Trinajstić information content (AvgIpc) is 2.97. The lowest BCUT2D eigenvalue weighted by atomic mass is 10.1. The van der Waals surface area contributed by atoms with Crippen LogP contribution < -0.4 is 0 Å². The summed E-state index contributed by atoms with van der Waals surface area (Å²) in [5, 5.41) is 1.12. The second kappa shape index (κ2) is 3.92. The zero-order valence-corrected chi connectivity index (χ0v) is 10.2. The van der Waals surface area contributed by atoms with Crippen molar-refractivity contribution in [2.45, 2.75) is 0 Å². The predicted molar refractivity (Wildman–Crippen MR) is 75.9 cm³/mol. The molecule has 0 saturated heterocycles. The van der Waals surface area contributed by atoms with E-state index in [9.17, 15) is 0 Å². The van der Waals surface area contributed by atoms with Crippen LogP contribution in [0.25, 0.3) is 27.8 Å². The third-order valence-electron chi connectivity index (χ3n) is 3.31. The number of hydrogen-bond acceptors (Lipinski definition) is 2. The minimum Gasteiger partial charge on any atom is -0.283 e. The normalized spacial score (nSPS) is 11.2. The fourth-order valence-electron chi connectivity index (χ4n) is 2.45. The highest BCUT2D eigenvalue weighted by Gasteiger charge is 2.09. The van der Waals surface area contributed by atoms with Gasteiger partial charge in [-0.3, -0.25) is 4.40 Å². The molecule has 3 nitrogen and oxygen atoms in total. The van der Waals surface area contributed by atoms with E-state index in [4.69, 9.17) is 0 Å². The van der Waals surface area contributed by atoms with Crippen LogP contribution in [0.3, 0.4) is 0 Å². The second-order valence-electron chi connectivity index (χ2n) is 4.46. The van der Waals surface area contributed by atoms with Gasteiger partial charge >= 0.3 is 0 Å². The Morgan fingerprint density at radius 3 is 2.53 bits per heavy atom. The minimum absolute atomic E-state index is 0.940. The third-order valence-corrected chi connectivity index (χ3v) is 3.31. The van der Waals surface area contributed by atoms with Crippen LogP contribution in [0, 0.1) is 0 Å². The summed E-state index contributed by atoms with van der Waals surface area (Å²) in [4.78, 5) is 8.91. The molecule has 3 aromatic heterocycles. The topological polar surface area (TPSA) is 30.2 Å². The number of rotatable bonds is 1. The first-order valence-corrected chi connectivity index (χ1v) is 6.20. The van der Waals surface area contributed by atoms with Crippen molar-refractivity contribution in [3.8, 4) is 11.1 Å². The third kappa shape index (κ3) is 1.52. The minimum atomic E-state index is 0.940. The Kier molecular flexibility index (Phi) is 2.12. The van der Waals surface area contributed by atoms with Gasteiger partial charge in [-0.25, -0.2) is 9.97 Å². The Labute approximate surface area is 110 Å². The smallest absolute Gasteiger partial charge is 0.146 e. The lowest BCUT2D eigenvalue weighted by Gasteiger charge is -2.07. The van der Waals surface area contributed by atoms with E-state index in [1.165, 1.54) is 5.56 Å². The van der Waals surface area contributed by atoms with Gasteiger partial charge in [-0.1, -0.05) is 30.3 Å². The molecule has 0 N–H and O–H groups in total. The Hall–Kier alpha value is -2.68. The van der Waals surface area contributed by atoms with Crippen LogP contribution in [-0.2, 0) is 0 Å². The van der Waals surface area contributed by atoms with E-state index in [1.807, 2.05) is 47.3 Å². The van der Waals surface area contributed by atoms with E-state index in [0.29, 0.717) is 0 Å². The predicted octanol–water partition coefficient (Wildman–Crippen LogP) is 3.55. The molecule has 0 aliphatic carbocycles. The van der Waals surface area contributed by atoms with E-state index in [0.717, 1.165) is 22.2 Å². The van der Waals surface area contributed by atoms with Gasteiger partial charge in [-0.2, -0.15) is 0 Å². The molecule has 0 radical (unpaired) electrons. The summed E-state index contributed by atoms with van der Waals surface area (Å²) in [6.45, 7) is 0. The molecule has 0 bridgehead atoms. The standard InChI is InChI=1S/C16H11N3/c1-2-5-12(6-3-1)14-11-13-7-4-8-17-15(13)19-10-9-18-16(14)19/h1-11H. The first-order chi connectivity index (χ1) is 9.43. The number of fused-ring (bicyclic) bond motifs is 3. The molecule has 19 heavy (non-hydrogen) atoms. The van der Waals surface area contributed by atoms with Crippen molar-refractivity contribution in [1.29, 1.82) is 0 Å². The Morgan fingerprint density at radius 1 is 0.789 bits per heavy atom. The van der Waals surface area contributed by atoms with E-state index < -0.39 is 0 Å². The quantitative estimate of drug-likeness (QED) is 0.513. The number of imidazole rings is 1. The molecule has 0 aliphatic heterocycles. The van der Waals surface area contributed by atoms with E-state index in [1.54, 1.807) is 0 Å². The van der Waals surface area contributed by atoms with Gasteiger partial charge in [0.25, 0.3) is 0 Å². The molecule has 0 fully saturated rings. The lowest BCUT2D eigenvalue weighted by molar-refractivity contribution is 1.19. The molecule has 4 rings (SSSR count). The maximum atomic E-state index is 4.47. The molecule has 0 unspecified atom stereocenters. The van der Waals surface area contributed by atoms with Crippen LogP contribution in [-0.4, -0.2) is 14.4 Å². The molecular formula is C16H11N3. The molecule has 3 heteroatoms. The largest absolute Gasteiger partial charge is 0.283 e. The van der Waals surface area contributed by atoms with Crippen molar-refractivity contribution in [3.05, 3.63) is 67.1 Å². The monoisotopic (exact) mass is 245 g/mol. The Bertz CT molecular complexity index is 863. The maximum absolute atomic E-state index is 4.47. The average molecular weight is 245 g/mol. The summed E-state index contributed by atoms with van der Waals surface area (Å²) in [5.74, 6) is 0. The molecule has 0 spiro atoms. The van der Waals surface area contributed by atoms with Crippen molar-refractivity contribution < 1.29 is 0 Å². The number of benzene rings is 1. The van der Waals surface area contributed by atoms with Crippen LogP contribution in [0.4, 0.5) is 0 Å². The van der Waals surface area contributed by atoms with Gasteiger partial charge in [-0.05, 0) is 23.8 Å². The highest BCUT2D eigenvalue weighted by Crippen LogP contribution is 2.27. The van der Waals surface area contributed by atoms with E-state index >= 15 is 0 Å². The van der Waals surface area contributed by atoms with Gasteiger partial charge in [0.1, 0.15) is 11.3 Å².